The lowest BCUT2D eigenvalue weighted by atomic mass is 10.1. The van der Waals surface area contributed by atoms with Gasteiger partial charge in [0, 0.05) is 26.0 Å². The van der Waals surface area contributed by atoms with E-state index in [1.54, 1.807) is 19.3 Å². The molecule has 1 unspecified atom stereocenters. The van der Waals surface area contributed by atoms with E-state index in [1.165, 1.54) is 11.5 Å². The Bertz CT molecular complexity index is 512. The Balaban J connectivity index is 2.39. The molecule has 0 bridgehead atoms. The van der Waals surface area contributed by atoms with Gasteiger partial charge in [0.1, 0.15) is 10.8 Å². The Hall–Kier alpha value is -1.66. The maximum Gasteiger partial charge on any atom is 0.147 e. The van der Waals surface area contributed by atoms with Gasteiger partial charge in [0.25, 0.3) is 0 Å². The summed E-state index contributed by atoms with van der Waals surface area (Å²) in [6.07, 6.45) is 3.05. The highest BCUT2D eigenvalue weighted by atomic mass is 32.1. The fraction of sp³-hybridized carbons (Fsp3) is 0.333. The van der Waals surface area contributed by atoms with Gasteiger partial charge in [-0.2, -0.15) is 4.37 Å². The first-order chi connectivity index (χ1) is 8.59. The van der Waals surface area contributed by atoms with Crippen molar-refractivity contribution in [1.29, 1.82) is 0 Å². The molecule has 0 saturated carbocycles. The minimum atomic E-state index is -0.399. The van der Waals surface area contributed by atoms with Crippen molar-refractivity contribution in [2.75, 3.05) is 24.2 Å². The first kappa shape index (κ1) is 12.8. The van der Waals surface area contributed by atoms with E-state index >= 15 is 0 Å². The van der Waals surface area contributed by atoms with E-state index in [-0.39, 0.29) is 0 Å². The Kier molecular flexibility index (Phi) is 3.78. The van der Waals surface area contributed by atoms with Crippen LogP contribution in [0.5, 0.6) is 0 Å². The Morgan fingerprint density at radius 1 is 1.44 bits per heavy atom. The molecular weight excluding hydrogens is 248 g/mol. The number of nitrogen functional groups attached to an aromatic ring is 1. The molecule has 0 aliphatic rings. The second kappa shape index (κ2) is 5.32. The molecule has 96 valence electrons. The molecule has 0 saturated heterocycles. The Labute approximate surface area is 110 Å². The van der Waals surface area contributed by atoms with Crippen LogP contribution in [0.2, 0.25) is 0 Å². The number of nitrogens with two attached hydrogens (primary N) is 1. The van der Waals surface area contributed by atoms with Crippen molar-refractivity contribution < 1.29 is 5.11 Å². The number of rotatable bonds is 4. The van der Waals surface area contributed by atoms with Crippen LogP contribution in [0, 0.1) is 0 Å². The Morgan fingerprint density at radius 3 is 2.72 bits per heavy atom. The maximum atomic E-state index is 9.45. The van der Waals surface area contributed by atoms with Crippen molar-refractivity contribution in [2.45, 2.75) is 13.0 Å². The van der Waals surface area contributed by atoms with Gasteiger partial charge in [-0.15, -0.1) is 0 Å². The number of aliphatic hydroxyl groups is 1. The fourth-order valence-electron chi connectivity index (χ4n) is 1.82. The molecule has 2 rings (SSSR count). The van der Waals surface area contributed by atoms with Gasteiger partial charge >= 0.3 is 0 Å². The minimum absolute atomic E-state index is 0.399. The summed E-state index contributed by atoms with van der Waals surface area (Å²) in [6.45, 7) is 2.30. The number of aliphatic hydroxyl groups excluding tert-OH is 1. The normalized spacial score (nSPS) is 12.4. The van der Waals surface area contributed by atoms with Crippen LogP contribution in [-0.2, 0) is 0 Å². The summed E-state index contributed by atoms with van der Waals surface area (Å²) in [7, 11) is 1.92. The molecule has 1 atom stereocenters. The van der Waals surface area contributed by atoms with Gasteiger partial charge in [0.15, 0.2) is 0 Å². The number of hydrogen-bond donors (Lipinski definition) is 2. The van der Waals surface area contributed by atoms with Crippen LogP contribution in [0.1, 0.15) is 6.92 Å². The number of hydrogen-bond acceptors (Lipinski definition) is 6. The highest BCUT2D eigenvalue weighted by molar-refractivity contribution is 7.11. The number of aromatic nitrogens is 2. The number of nitrogens with zero attached hydrogens (tertiary/aromatic N) is 3. The molecule has 0 aliphatic heterocycles. The molecule has 2 heterocycles. The lowest BCUT2D eigenvalue weighted by Gasteiger charge is -2.20. The third kappa shape index (κ3) is 2.60. The van der Waals surface area contributed by atoms with Gasteiger partial charge in [-0.05, 0) is 36.2 Å². The van der Waals surface area contributed by atoms with Gasteiger partial charge in [-0.25, -0.2) is 0 Å². The van der Waals surface area contributed by atoms with Crippen molar-refractivity contribution in [3.63, 3.8) is 0 Å². The topological polar surface area (TPSA) is 75.3 Å². The zero-order chi connectivity index (χ0) is 13.1. The molecule has 18 heavy (non-hydrogen) atoms. The summed E-state index contributed by atoms with van der Waals surface area (Å²) in [5.41, 5.74) is 7.83. The van der Waals surface area contributed by atoms with Gasteiger partial charge < -0.3 is 15.7 Å². The highest BCUT2D eigenvalue weighted by Crippen LogP contribution is 2.38. The molecular formula is C12H16N4OS. The maximum absolute atomic E-state index is 9.45. The van der Waals surface area contributed by atoms with E-state index in [0.29, 0.717) is 12.4 Å². The van der Waals surface area contributed by atoms with Crippen LogP contribution in [0.25, 0.3) is 11.1 Å². The van der Waals surface area contributed by atoms with Crippen molar-refractivity contribution >= 4 is 22.4 Å². The predicted octanol–water partition coefficient (Wildman–Crippen LogP) is 1.60. The second-order valence-electron chi connectivity index (χ2n) is 4.21. The summed E-state index contributed by atoms with van der Waals surface area (Å²) in [4.78, 5) is 5.96. The van der Waals surface area contributed by atoms with E-state index < -0.39 is 6.10 Å². The fourth-order valence-corrected chi connectivity index (χ4v) is 2.63. The third-order valence-electron chi connectivity index (χ3n) is 2.55. The minimum Gasteiger partial charge on any atom is -0.392 e. The molecule has 5 nitrogen and oxygen atoms in total. The Morgan fingerprint density at radius 2 is 2.11 bits per heavy atom. The lowest BCUT2D eigenvalue weighted by molar-refractivity contribution is 0.202. The summed E-state index contributed by atoms with van der Waals surface area (Å²) < 4.78 is 4.20. The standard InChI is InChI=1S/C12H16N4OS/c1-8(17)7-16(2)12-10(11(13)15-18-12)9-3-5-14-6-4-9/h3-6,8,17H,7H2,1-2H3,(H2,13,15). The second-order valence-corrected chi connectivity index (χ2v) is 4.97. The summed E-state index contributed by atoms with van der Waals surface area (Å²) in [5.74, 6) is 0.513. The van der Waals surface area contributed by atoms with Crippen LogP contribution in [-0.4, -0.2) is 34.2 Å². The van der Waals surface area contributed by atoms with Crippen LogP contribution in [0.3, 0.4) is 0 Å². The SMILES string of the molecule is CC(O)CN(C)c1snc(N)c1-c1ccncc1. The van der Waals surface area contributed by atoms with Crippen LogP contribution in [0.15, 0.2) is 24.5 Å². The molecule has 3 N–H and O–H groups in total. The van der Waals surface area contributed by atoms with Crippen molar-refractivity contribution in [3.05, 3.63) is 24.5 Å². The first-order valence-corrected chi connectivity index (χ1v) is 6.41. The predicted molar refractivity (Wildman–Crippen MR) is 74.7 cm³/mol. The molecule has 0 fully saturated rings. The van der Waals surface area contributed by atoms with E-state index in [9.17, 15) is 5.11 Å². The molecule has 0 aromatic carbocycles. The zero-order valence-corrected chi connectivity index (χ0v) is 11.2. The van der Waals surface area contributed by atoms with Crippen molar-refractivity contribution in [2.24, 2.45) is 0 Å². The molecule has 0 amide bonds. The van der Waals surface area contributed by atoms with Crippen molar-refractivity contribution in [3.8, 4) is 11.1 Å². The molecule has 0 spiro atoms. The molecule has 0 aliphatic carbocycles. The molecule has 0 radical (unpaired) electrons. The van der Waals surface area contributed by atoms with Crippen molar-refractivity contribution in [1.82, 2.24) is 9.36 Å². The lowest BCUT2D eigenvalue weighted by Crippen LogP contribution is -2.26. The first-order valence-electron chi connectivity index (χ1n) is 5.64. The van der Waals surface area contributed by atoms with Crippen LogP contribution < -0.4 is 10.6 Å². The van der Waals surface area contributed by atoms with Gasteiger partial charge in [0.05, 0.1) is 11.7 Å². The summed E-state index contributed by atoms with van der Waals surface area (Å²) in [6, 6.07) is 3.81. The molecule has 2 aromatic heterocycles. The van der Waals surface area contributed by atoms with E-state index in [2.05, 4.69) is 9.36 Å². The molecule has 6 heteroatoms. The smallest absolute Gasteiger partial charge is 0.147 e. The zero-order valence-electron chi connectivity index (χ0n) is 10.4. The summed E-state index contributed by atoms with van der Waals surface area (Å²) >= 11 is 1.34. The number of pyridine rings is 1. The highest BCUT2D eigenvalue weighted by Gasteiger charge is 2.17. The van der Waals surface area contributed by atoms with E-state index in [0.717, 1.165) is 16.1 Å². The quantitative estimate of drug-likeness (QED) is 0.877. The summed E-state index contributed by atoms with van der Waals surface area (Å²) in [5, 5.41) is 10.4. The van der Waals surface area contributed by atoms with Crippen LogP contribution >= 0.6 is 11.5 Å². The third-order valence-corrected chi connectivity index (χ3v) is 3.53. The number of anilines is 2. The number of likely N-dealkylation sites (N-methyl/N-ethyl adjacent to an activating group) is 1. The average Bonchev–Trinajstić information content (AvgIpc) is 2.71. The van der Waals surface area contributed by atoms with Gasteiger partial charge in [-0.1, -0.05) is 0 Å². The monoisotopic (exact) mass is 264 g/mol. The average molecular weight is 264 g/mol. The van der Waals surface area contributed by atoms with E-state index in [4.69, 9.17) is 5.73 Å². The van der Waals surface area contributed by atoms with Gasteiger partial charge in [0.2, 0.25) is 0 Å². The molecule has 2 aromatic rings. The largest absolute Gasteiger partial charge is 0.392 e. The van der Waals surface area contributed by atoms with E-state index in [1.807, 2.05) is 24.1 Å². The van der Waals surface area contributed by atoms with Crippen LogP contribution in [0.4, 0.5) is 10.8 Å². The van der Waals surface area contributed by atoms with Gasteiger partial charge in [-0.3, -0.25) is 4.98 Å².